The second kappa shape index (κ2) is 10.5. The highest BCUT2D eigenvalue weighted by Gasteiger charge is 2.38. The molecule has 2 aromatic carbocycles. The lowest BCUT2D eigenvalue weighted by Crippen LogP contribution is -2.49. The number of methoxy groups -OCH3 is 1. The monoisotopic (exact) mass is 512 g/mol. The SMILES string of the molecule is COc1ccc([C@@H](Oc2ccc3c(cnn3-c3ccc(F)cc3)c2)[C@@H](NC(=O)C(C)(F)F)C(C)C)cn1. The first kappa shape index (κ1) is 26.0. The Morgan fingerprint density at radius 2 is 1.78 bits per heavy atom. The first-order valence-corrected chi connectivity index (χ1v) is 11.7. The molecular formula is C27H27F3N4O3. The Balaban J connectivity index is 1.69. The average Bonchev–Trinajstić information content (AvgIpc) is 3.29. The van der Waals surface area contributed by atoms with Gasteiger partial charge in [0.05, 0.1) is 30.6 Å². The van der Waals surface area contributed by atoms with E-state index < -0.39 is 24.0 Å². The van der Waals surface area contributed by atoms with E-state index in [1.807, 2.05) is 13.8 Å². The molecule has 4 aromatic rings. The number of nitrogens with zero attached hydrogens (tertiary/aromatic N) is 3. The fourth-order valence-corrected chi connectivity index (χ4v) is 3.92. The van der Waals surface area contributed by atoms with E-state index in [-0.39, 0.29) is 11.7 Å². The van der Waals surface area contributed by atoms with E-state index in [0.717, 1.165) is 10.9 Å². The number of rotatable bonds is 9. The molecule has 0 saturated carbocycles. The van der Waals surface area contributed by atoms with Gasteiger partial charge in [-0.05, 0) is 54.4 Å². The van der Waals surface area contributed by atoms with Gasteiger partial charge >= 0.3 is 5.92 Å². The summed E-state index contributed by atoms with van der Waals surface area (Å²) in [6.07, 6.45) is 2.34. The maximum Gasteiger partial charge on any atom is 0.321 e. The highest BCUT2D eigenvalue weighted by molar-refractivity contribution is 5.83. The summed E-state index contributed by atoms with van der Waals surface area (Å²) in [6, 6.07) is 13.8. The molecule has 2 heterocycles. The normalized spacial score (nSPS) is 13.4. The van der Waals surface area contributed by atoms with Gasteiger partial charge in [0.1, 0.15) is 17.7 Å². The Hall–Kier alpha value is -4.08. The largest absolute Gasteiger partial charge is 0.483 e. The number of alkyl halides is 2. The molecule has 0 aliphatic heterocycles. The summed E-state index contributed by atoms with van der Waals surface area (Å²) in [4.78, 5) is 16.4. The van der Waals surface area contributed by atoms with Crippen molar-refractivity contribution >= 4 is 16.8 Å². The van der Waals surface area contributed by atoms with Crippen molar-refractivity contribution in [1.29, 1.82) is 0 Å². The standard InChI is InChI=1S/C27H27F3N4O3/c1-16(2)24(33-26(35)27(3,29)30)25(17-5-12-23(36-4)31-14-17)37-21-10-11-22-18(13-21)15-32-34(22)20-8-6-19(28)7-9-20/h5-16,24-25H,1-4H3,(H,33,35)/t24-,25+/m0/s1. The van der Waals surface area contributed by atoms with Crippen molar-refractivity contribution in [3.05, 3.63) is 78.4 Å². The van der Waals surface area contributed by atoms with Crippen molar-refractivity contribution in [1.82, 2.24) is 20.1 Å². The number of nitrogens with one attached hydrogen (secondary N) is 1. The Kier molecular flexibility index (Phi) is 7.37. The van der Waals surface area contributed by atoms with Crippen LogP contribution in [0.3, 0.4) is 0 Å². The van der Waals surface area contributed by atoms with E-state index in [1.165, 1.54) is 25.4 Å². The fourth-order valence-electron chi connectivity index (χ4n) is 3.92. The van der Waals surface area contributed by atoms with Crippen LogP contribution in [-0.2, 0) is 4.79 Å². The summed E-state index contributed by atoms with van der Waals surface area (Å²) in [5.41, 5.74) is 2.03. The molecule has 0 spiro atoms. The third-order valence-corrected chi connectivity index (χ3v) is 5.91. The second-order valence-electron chi connectivity index (χ2n) is 9.06. The van der Waals surface area contributed by atoms with E-state index in [0.29, 0.717) is 29.8 Å². The number of hydrogen-bond donors (Lipinski definition) is 1. The fraction of sp³-hybridized carbons (Fsp3) is 0.296. The van der Waals surface area contributed by atoms with Gasteiger partial charge in [0.25, 0.3) is 5.91 Å². The number of pyridine rings is 1. The molecular weight excluding hydrogens is 485 g/mol. The van der Waals surface area contributed by atoms with E-state index in [2.05, 4.69) is 15.4 Å². The van der Waals surface area contributed by atoms with Crippen LogP contribution in [0.5, 0.6) is 11.6 Å². The highest BCUT2D eigenvalue weighted by Crippen LogP contribution is 2.32. The van der Waals surface area contributed by atoms with Crippen LogP contribution in [0.15, 0.2) is 67.0 Å². The number of halogens is 3. The zero-order valence-electron chi connectivity index (χ0n) is 20.8. The number of fused-ring (bicyclic) bond motifs is 1. The molecule has 1 N–H and O–H groups in total. The molecule has 10 heteroatoms. The van der Waals surface area contributed by atoms with Crippen LogP contribution in [0, 0.1) is 11.7 Å². The number of carbonyl (C=O) groups is 1. The van der Waals surface area contributed by atoms with Crippen LogP contribution >= 0.6 is 0 Å². The summed E-state index contributed by atoms with van der Waals surface area (Å²) in [6.45, 7) is 4.17. The third kappa shape index (κ3) is 5.84. The van der Waals surface area contributed by atoms with Crippen LogP contribution < -0.4 is 14.8 Å². The van der Waals surface area contributed by atoms with E-state index in [1.54, 1.807) is 53.3 Å². The first-order chi connectivity index (χ1) is 17.6. The number of carbonyl (C=O) groups excluding carboxylic acids is 1. The van der Waals surface area contributed by atoms with Gasteiger partial charge in [-0.25, -0.2) is 14.1 Å². The highest BCUT2D eigenvalue weighted by atomic mass is 19.3. The van der Waals surface area contributed by atoms with Crippen LogP contribution in [0.25, 0.3) is 16.6 Å². The zero-order chi connectivity index (χ0) is 26.7. The van der Waals surface area contributed by atoms with Crippen molar-refractivity contribution in [2.75, 3.05) is 7.11 Å². The van der Waals surface area contributed by atoms with E-state index >= 15 is 0 Å². The summed E-state index contributed by atoms with van der Waals surface area (Å²) in [7, 11) is 1.48. The van der Waals surface area contributed by atoms with Gasteiger partial charge in [0.15, 0.2) is 0 Å². The Morgan fingerprint density at radius 3 is 2.38 bits per heavy atom. The summed E-state index contributed by atoms with van der Waals surface area (Å²) >= 11 is 0. The van der Waals surface area contributed by atoms with Crippen LogP contribution in [-0.4, -0.2) is 39.7 Å². The second-order valence-corrected chi connectivity index (χ2v) is 9.06. The van der Waals surface area contributed by atoms with Gasteiger partial charge < -0.3 is 14.8 Å². The number of aromatic nitrogens is 3. The van der Waals surface area contributed by atoms with Crippen molar-refractivity contribution in [3.8, 4) is 17.3 Å². The predicted octanol–water partition coefficient (Wildman–Crippen LogP) is 5.48. The van der Waals surface area contributed by atoms with E-state index in [4.69, 9.17) is 9.47 Å². The minimum absolute atomic E-state index is 0.261. The van der Waals surface area contributed by atoms with Gasteiger partial charge in [-0.2, -0.15) is 13.9 Å². The summed E-state index contributed by atoms with van der Waals surface area (Å²) in [5.74, 6) is -4.73. The Morgan fingerprint density at radius 1 is 1.05 bits per heavy atom. The number of amides is 1. The molecule has 194 valence electrons. The van der Waals surface area contributed by atoms with Gasteiger partial charge in [0.2, 0.25) is 5.88 Å². The minimum Gasteiger partial charge on any atom is -0.483 e. The van der Waals surface area contributed by atoms with Crippen molar-refractivity contribution in [3.63, 3.8) is 0 Å². The molecule has 0 saturated heterocycles. The average molecular weight is 513 g/mol. The molecule has 37 heavy (non-hydrogen) atoms. The topological polar surface area (TPSA) is 78.3 Å². The number of hydrogen-bond acceptors (Lipinski definition) is 5. The van der Waals surface area contributed by atoms with Crippen molar-refractivity contribution in [2.45, 2.75) is 38.8 Å². The molecule has 0 unspecified atom stereocenters. The van der Waals surface area contributed by atoms with Crippen molar-refractivity contribution in [2.24, 2.45) is 5.92 Å². The van der Waals surface area contributed by atoms with Gasteiger partial charge in [-0.3, -0.25) is 4.79 Å². The van der Waals surface area contributed by atoms with Gasteiger partial charge in [0, 0.05) is 30.1 Å². The predicted molar refractivity (Wildman–Crippen MR) is 133 cm³/mol. The lowest BCUT2D eigenvalue weighted by Gasteiger charge is -2.32. The minimum atomic E-state index is -3.55. The Bertz CT molecular complexity index is 1370. The quantitative estimate of drug-likeness (QED) is 0.321. The Labute approximate surface area is 212 Å². The first-order valence-electron chi connectivity index (χ1n) is 11.7. The molecule has 2 aromatic heterocycles. The van der Waals surface area contributed by atoms with Gasteiger partial charge in [-0.15, -0.1) is 0 Å². The number of ether oxygens (including phenoxy) is 2. The summed E-state index contributed by atoms with van der Waals surface area (Å²) < 4.78 is 54.0. The zero-order valence-corrected chi connectivity index (χ0v) is 20.8. The van der Waals surface area contributed by atoms with Crippen LogP contribution in [0.4, 0.5) is 13.2 Å². The smallest absolute Gasteiger partial charge is 0.321 e. The van der Waals surface area contributed by atoms with Gasteiger partial charge in [-0.1, -0.05) is 13.8 Å². The maximum absolute atomic E-state index is 13.8. The molecule has 0 radical (unpaired) electrons. The lowest BCUT2D eigenvalue weighted by atomic mass is 9.93. The number of benzene rings is 2. The lowest BCUT2D eigenvalue weighted by molar-refractivity contribution is -0.145. The molecule has 7 nitrogen and oxygen atoms in total. The van der Waals surface area contributed by atoms with Crippen LogP contribution in [0.2, 0.25) is 0 Å². The third-order valence-electron chi connectivity index (χ3n) is 5.91. The molecule has 4 rings (SSSR count). The maximum atomic E-state index is 13.8. The van der Waals surface area contributed by atoms with Crippen LogP contribution in [0.1, 0.15) is 32.4 Å². The molecule has 1 amide bonds. The molecule has 0 aliphatic carbocycles. The van der Waals surface area contributed by atoms with E-state index in [9.17, 15) is 18.0 Å². The van der Waals surface area contributed by atoms with Crippen molar-refractivity contribution < 1.29 is 27.4 Å². The molecule has 0 bridgehead atoms. The summed E-state index contributed by atoms with van der Waals surface area (Å²) in [5, 5.41) is 7.60. The molecule has 0 fully saturated rings. The molecule has 0 aliphatic rings. The molecule has 2 atom stereocenters.